The van der Waals surface area contributed by atoms with Gasteiger partial charge in [-0.05, 0) is 42.5 Å². The Morgan fingerprint density at radius 3 is 2.79 bits per heavy atom. The molecule has 3 N–H and O–H groups in total. The molecule has 0 saturated carbocycles. The predicted molar refractivity (Wildman–Crippen MR) is 74.0 cm³/mol. The van der Waals surface area contributed by atoms with E-state index in [1.54, 1.807) is 0 Å². The molecule has 19 heavy (non-hydrogen) atoms. The summed E-state index contributed by atoms with van der Waals surface area (Å²) in [5.74, 6) is 0.0869. The van der Waals surface area contributed by atoms with Gasteiger partial charge in [-0.15, -0.1) is 0 Å². The van der Waals surface area contributed by atoms with Crippen molar-refractivity contribution >= 4 is 5.96 Å². The summed E-state index contributed by atoms with van der Waals surface area (Å²) in [4.78, 5) is 4.15. The molecular formula is C14H21F2N3. The molecule has 0 heterocycles. The molecule has 0 bridgehead atoms. The summed E-state index contributed by atoms with van der Waals surface area (Å²) in [5.41, 5.74) is 6.00. The van der Waals surface area contributed by atoms with Gasteiger partial charge in [0.1, 0.15) is 11.6 Å². The Balaban J connectivity index is 2.35. The van der Waals surface area contributed by atoms with Gasteiger partial charge in [-0.25, -0.2) is 8.78 Å². The molecule has 0 fully saturated rings. The Hall–Kier alpha value is -1.65. The van der Waals surface area contributed by atoms with Crippen LogP contribution in [0.5, 0.6) is 0 Å². The SMILES string of the molecule is CC(C)CCN=C(N)NCCc1cc(F)ccc1F. The maximum Gasteiger partial charge on any atom is 0.188 e. The lowest BCUT2D eigenvalue weighted by Gasteiger charge is -2.07. The van der Waals surface area contributed by atoms with Crippen LogP contribution < -0.4 is 11.1 Å². The number of guanidine groups is 1. The van der Waals surface area contributed by atoms with E-state index in [0.717, 1.165) is 18.6 Å². The van der Waals surface area contributed by atoms with E-state index >= 15 is 0 Å². The van der Waals surface area contributed by atoms with E-state index < -0.39 is 11.6 Å². The number of benzene rings is 1. The number of nitrogens with one attached hydrogen (secondary N) is 1. The van der Waals surface area contributed by atoms with E-state index in [-0.39, 0.29) is 0 Å². The fourth-order valence-electron chi connectivity index (χ4n) is 1.56. The number of nitrogens with zero attached hydrogens (tertiary/aromatic N) is 1. The molecule has 0 amide bonds. The molecule has 0 saturated heterocycles. The summed E-state index contributed by atoms with van der Waals surface area (Å²) >= 11 is 0. The number of hydrogen-bond acceptors (Lipinski definition) is 1. The van der Waals surface area contributed by atoms with E-state index in [1.807, 2.05) is 0 Å². The smallest absolute Gasteiger partial charge is 0.188 e. The van der Waals surface area contributed by atoms with Gasteiger partial charge >= 0.3 is 0 Å². The molecular weight excluding hydrogens is 248 g/mol. The van der Waals surface area contributed by atoms with Gasteiger partial charge in [0.15, 0.2) is 5.96 Å². The standard InChI is InChI=1S/C14H21F2N3/c1-10(2)5-7-18-14(17)19-8-6-11-9-12(15)3-4-13(11)16/h3-4,9-10H,5-8H2,1-2H3,(H3,17,18,19). The third-order valence-corrected chi connectivity index (χ3v) is 2.70. The van der Waals surface area contributed by atoms with Crippen molar-refractivity contribution in [2.24, 2.45) is 16.6 Å². The molecule has 0 aliphatic carbocycles. The van der Waals surface area contributed by atoms with Crippen LogP contribution in [0.2, 0.25) is 0 Å². The third-order valence-electron chi connectivity index (χ3n) is 2.70. The molecule has 0 aliphatic rings. The maximum absolute atomic E-state index is 13.3. The zero-order valence-electron chi connectivity index (χ0n) is 11.4. The van der Waals surface area contributed by atoms with Crippen molar-refractivity contribution in [2.45, 2.75) is 26.7 Å². The molecule has 106 valence electrons. The zero-order chi connectivity index (χ0) is 14.3. The number of nitrogens with two attached hydrogens (primary N) is 1. The first-order chi connectivity index (χ1) is 8.99. The Labute approximate surface area is 112 Å². The second kappa shape index (κ2) is 7.71. The topological polar surface area (TPSA) is 50.4 Å². The molecule has 0 atom stereocenters. The molecule has 0 aliphatic heterocycles. The quantitative estimate of drug-likeness (QED) is 0.615. The predicted octanol–water partition coefficient (Wildman–Crippen LogP) is 2.46. The van der Waals surface area contributed by atoms with Crippen LogP contribution in [-0.4, -0.2) is 19.0 Å². The highest BCUT2D eigenvalue weighted by atomic mass is 19.1. The van der Waals surface area contributed by atoms with Crippen molar-refractivity contribution in [2.75, 3.05) is 13.1 Å². The fourth-order valence-corrected chi connectivity index (χ4v) is 1.56. The molecule has 5 heteroatoms. The molecule has 0 unspecified atom stereocenters. The lowest BCUT2D eigenvalue weighted by atomic mass is 10.1. The number of rotatable bonds is 6. The van der Waals surface area contributed by atoms with E-state index in [1.165, 1.54) is 6.07 Å². The highest BCUT2D eigenvalue weighted by Gasteiger charge is 2.03. The second-order valence-electron chi connectivity index (χ2n) is 4.86. The summed E-state index contributed by atoms with van der Waals surface area (Å²) in [6.07, 6.45) is 1.34. The van der Waals surface area contributed by atoms with Crippen molar-refractivity contribution in [3.05, 3.63) is 35.4 Å². The van der Waals surface area contributed by atoms with Crippen molar-refractivity contribution in [1.82, 2.24) is 5.32 Å². The van der Waals surface area contributed by atoms with Crippen LogP contribution in [0.25, 0.3) is 0 Å². The molecule has 1 aromatic rings. The largest absolute Gasteiger partial charge is 0.370 e. The van der Waals surface area contributed by atoms with Crippen LogP contribution in [0.15, 0.2) is 23.2 Å². The summed E-state index contributed by atoms with van der Waals surface area (Å²) in [6.45, 7) is 5.33. The second-order valence-corrected chi connectivity index (χ2v) is 4.86. The molecule has 0 spiro atoms. The fraction of sp³-hybridized carbons (Fsp3) is 0.500. The van der Waals surface area contributed by atoms with Crippen LogP contribution in [-0.2, 0) is 6.42 Å². The van der Waals surface area contributed by atoms with E-state index in [0.29, 0.717) is 37.0 Å². The molecule has 1 rings (SSSR count). The Morgan fingerprint density at radius 1 is 1.37 bits per heavy atom. The molecule has 0 radical (unpaired) electrons. The molecule has 0 aromatic heterocycles. The van der Waals surface area contributed by atoms with Crippen LogP contribution in [0.1, 0.15) is 25.8 Å². The Morgan fingerprint density at radius 2 is 2.11 bits per heavy atom. The summed E-state index contributed by atoms with van der Waals surface area (Å²) in [7, 11) is 0. The van der Waals surface area contributed by atoms with Crippen LogP contribution in [0.3, 0.4) is 0 Å². The van der Waals surface area contributed by atoms with Crippen LogP contribution >= 0.6 is 0 Å². The van der Waals surface area contributed by atoms with Gasteiger partial charge in [0.2, 0.25) is 0 Å². The first kappa shape index (κ1) is 15.4. The Bertz CT molecular complexity index is 431. The van der Waals surface area contributed by atoms with Crippen molar-refractivity contribution < 1.29 is 8.78 Å². The highest BCUT2D eigenvalue weighted by molar-refractivity contribution is 5.77. The van der Waals surface area contributed by atoms with Crippen molar-refractivity contribution in [3.8, 4) is 0 Å². The average molecular weight is 269 g/mol. The molecule has 1 aromatic carbocycles. The summed E-state index contributed by atoms with van der Waals surface area (Å²) < 4.78 is 26.3. The third kappa shape index (κ3) is 6.18. The highest BCUT2D eigenvalue weighted by Crippen LogP contribution is 2.09. The average Bonchev–Trinajstić information content (AvgIpc) is 2.33. The first-order valence-corrected chi connectivity index (χ1v) is 6.46. The van der Waals surface area contributed by atoms with E-state index in [9.17, 15) is 8.78 Å². The first-order valence-electron chi connectivity index (χ1n) is 6.46. The van der Waals surface area contributed by atoms with Gasteiger partial charge < -0.3 is 11.1 Å². The number of halogens is 2. The van der Waals surface area contributed by atoms with E-state index in [2.05, 4.69) is 24.2 Å². The van der Waals surface area contributed by atoms with Gasteiger partial charge in [0.25, 0.3) is 0 Å². The number of hydrogen-bond donors (Lipinski definition) is 2. The van der Waals surface area contributed by atoms with Crippen LogP contribution in [0.4, 0.5) is 8.78 Å². The van der Waals surface area contributed by atoms with Crippen molar-refractivity contribution in [3.63, 3.8) is 0 Å². The van der Waals surface area contributed by atoms with Gasteiger partial charge in [-0.3, -0.25) is 4.99 Å². The zero-order valence-corrected chi connectivity index (χ0v) is 11.4. The van der Waals surface area contributed by atoms with Crippen LogP contribution in [0, 0.1) is 17.6 Å². The normalized spacial score (nSPS) is 11.9. The minimum Gasteiger partial charge on any atom is -0.370 e. The minimum atomic E-state index is -0.435. The minimum absolute atomic E-state index is 0.336. The van der Waals surface area contributed by atoms with Gasteiger partial charge in [-0.2, -0.15) is 0 Å². The van der Waals surface area contributed by atoms with Crippen molar-refractivity contribution in [1.29, 1.82) is 0 Å². The van der Waals surface area contributed by atoms with Gasteiger partial charge in [0, 0.05) is 13.1 Å². The monoisotopic (exact) mass is 269 g/mol. The number of aliphatic imine (C=N–C) groups is 1. The van der Waals surface area contributed by atoms with Gasteiger partial charge in [0.05, 0.1) is 0 Å². The Kier molecular flexibility index (Phi) is 6.25. The van der Waals surface area contributed by atoms with Gasteiger partial charge in [-0.1, -0.05) is 13.8 Å². The lowest BCUT2D eigenvalue weighted by Crippen LogP contribution is -2.33. The molecule has 3 nitrogen and oxygen atoms in total. The lowest BCUT2D eigenvalue weighted by molar-refractivity contribution is 0.582. The van der Waals surface area contributed by atoms with E-state index in [4.69, 9.17) is 5.73 Å². The summed E-state index contributed by atoms with van der Waals surface area (Å²) in [6, 6.07) is 3.43. The maximum atomic E-state index is 13.3. The summed E-state index contributed by atoms with van der Waals surface area (Å²) in [5, 5.41) is 2.89.